The highest BCUT2D eigenvalue weighted by Gasteiger charge is 2.52. The predicted octanol–water partition coefficient (Wildman–Crippen LogP) is 2.86. The molecule has 0 aliphatic heterocycles. The monoisotopic (exact) mass is 291 g/mol. The van der Waals surface area contributed by atoms with Gasteiger partial charge in [-0.2, -0.15) is 0 Å². The first-order chi connectivity index (χ1) is 9.99. The van der Waals surface area contributed by atoms with Gasteiger partial charge < -0.3 is 9.84 Å². The molecule has 1 atom stereocenters. The minimum absolute atomic E-state index is 0.103. The van der Waals surface area contributed by atoms with Crippen LogP contribution in [0.3, 0.4) is 0 Å². The molecule has 4 heteroatoms. The number of carbonyl (C=O) groups is 1. The zero-order valence-electron chi connectivity index (χ0n) is 13.1. The third-order valence-electron chi connectivity index (χ3n) is 4.01. The highest BCUT2D eigenvalue weighted by molar-refractivity contribution is 5.80. The minimum atomic E-state index is -0.977. The van der Waals surface area contributed by atoms with Crippen LogP contribution < -0.4 is 10.1 Å². The summed E-state index contributed by atoms with van der Waals surface area (Å²) in [6, 6.07) is 7.93. The summed E-state index contributed by atoms with van der Waals surface area (Å²) in [5, 5.41) is 13.0. The van der Waals surface area contributed by atoms with E-state index >= 15 is 0 Å². The van der Waals surface area contributed by atoms with E-state index in [1.54, 1.807) is 0 Å². The molecule has 1 aliphatic rings. The summed E-state index contributed by atoms with van der Waals surface area (Å²) >= 11 is 0. The van der Waals surface area contributed by atoms with Crippen molar-refractivity contribution in [2.24, 2.45) is 5.92 Å². The van der Waals surface area contributed by atoms with Crippen LogP contribution in [0.1, 0.15) is 39.2 Å². The Balaban J connectivity index is 2.17. The van der Waals surface area contributed by atoms with Gasteiger partial charge in [0.25, 0.3) is 0 Å². The number of benzene rings is 1. The van der Waals surface area contributed by atoms with Gasteiger partial charge in [-0.3, -0.25) is 10.1 Å². The van der Waals surface area contributed by atoms with Crippen LogP contribution in [0.5, 0.6) is 5.75 Å². The van der Waals surface area contributed by atoms with Gasteiger partial charge in [0.2, 0.25) is 0 Å². The first-order valence-corrected chi connectivity index (χ1v) is 7.71. The van der Waals surface area contributed by atoms with Crippen molar-refractivity contribution >= 4 is 5.97 Å². The maximum Gasteiger partial charge on any atom is 0.327 e. The van der Waals surface area contributed by atoms with E-state index in [9.17, 15) is 9.90 Å². The third-order valence-corrected chi connectivity index (χ3v) is 4.01. The zero-order valence-corrected chi connectivity index (χ0v) is 13.1. The Labute approximate surface area is 126 Å². The molecule has 1 aliphatic carbocycles. The van der Waals surface area contributed by atoms with Crippen LogP contribution in [0.4, 0.5) is 0 Å². The average molecular weight is 291 g/mol. The summed E-state index contributed by atoms with van der Waals surface area (Å²) in [5.74, 6) is 0.135. The second-order valence-corrected chi connectivity index (χ2v) is 6.10. The van der Waals surface area contributed by atoms with Crippen LogP contribution in [0.15, 0.2) is 24.3 Å². The molecular weight excluding hydrogens is 266 g/mol. The van der Waals surface area contributed by atoms with Crippen molar-refractivity contribution in [2.45, 2.75) is 51.6 Å². The fourth-order valence-electron chi connectivity index (χ4n) is 2.80. The summed E-state index contributed by atoms with van der Waals surface area (Å²) in [6.45, 7) is 6.18. The number of nitrogens with one attached hydrogen (secondary N) is 1. The Morgan fingerprint density at radius 3 is 2.62 bits per heavy atom. The van der Waals surface area contributed by atoms with Crippen molar-refractivity contribution in [3.63, 3.8) is 0 Å². The lowest BCUT2D eigenvalue weighted by molar-refractivity contribution is -0.148. The van der Waals surface area contributed by atoms with Crippen molar-refractivity contribution in [2.75, 3.05) is 6.61 Å². The molecule has 0 aromatic heterocycles. The molecule has 2 rings (SSSR count). The van der Waals surface area contributed by atoms with Gasteiger partial charge in [-0.1, -0.05) is 25.1 Å². The SMILES string of the molecule is CCc1ccccc1OCC(NC(C)C)(C(=O)O)C1CC1. The van der Waals surface area contributed by atoms with Crippen molar-refractivity contribution in [3.8, 4) is 5.75 Å². The summed E-state index contributed by atoms with van der Waals surface area (Å²) in [5.41, 5.74) is 0.131. The fraction of sp³-hybridized carbons (Fsp3) is 0.588. The number of para-hydroxylation sites is 1. The van der Waals surface area contributed by atoms with Gasteiger partial charge in [-0.05, 0) is 50.7 Å². The van der Waals surface area contributed by atoms with Crippen molar-refractivity contribution in [3.05, 3.63) is 29.8 Å². The molecule has 1 saturated carbocycles. The Bertz CT molecular complexity index is 497. The highest BCUT2D eigenvalue weighted by atomic mass is 16.5. The van der Waals surface area contributed by atoms with Crippen LogP contribution in [-0.2, 0) is 11.2 Å². The Hall–Kier alpha value is -1.55. The lowest BCUT2D eigenvalue weighted by Gasteiger charge is -2.33. The Morgan fingerprint density at radius 1 is 1.43 bits per heavy atom. The number of aryl methyl sites for hydroxylation is 1. The van der Waals surface area contributed by atoms with E-state index in [-0.39, 0.29) is 18.6 Å². The topological polar surface area (TPSA) is 58.6 Å². The van der Waals surface area contributed by atoms with Crippen molar-refractivity contribution < 1.29 is 14.6 Å². The Morgan fingerprint density at radius 2 is 2.10 bits per heavy atom. The number of hydrogen-bond acceptors (Lipinski definition) is 3. The number of hydrogen-bond donors (Lipinski definition) is 2. The van der Waals surface area contributed by atoms with Crippen LogP contribution in [-0.4, -0.2) is 29.3 Å². The van der Waals surface area contributed by atoms with Gasteiger partial charge >= 0.3 is 5.97 Å². The fourth-order valence-corrected chi connectivity index (χ4v) is 2.80. The maximum atomic E-state index is 11.9. The van der Waals surface area contributed by atoms with Gasteiger partial charge in [-0.25, -0.2) is 0 Å². The van der Waals surface area contributed by atoms with Crippen LogP contribution in [0.25, 0.3) is 0 Å². The van der Waals surface area contributed by atoms with Crippen molar-refractivity contribution in [1.82, 2.24) is 5.32 Å². The van der Waals surface area contributed by atoms with Gasteiger partial charge in [0.05, 0.1) is 0 Å². The van der Waals surface area contributed by atoms with Crippen molar-refractivity contribution in [1.29, 1.82) is 0 Å². The predicted molar refractivity (Wildman–Crippen MR) is 82.7 cm³/mol. The van der Waals surface area contributed by atoms with Crippen LogP contribution >= 0.6 is 0 Å². The minimum Gasteiger partial charge on any atom is -0.491 e. The highest BCUT2D eigenvalue weighted by Crippen LogP contribution is 2.41. The molecule has 21 heavy (non-hydrogen) atoms. The van der Waals surface area contributed by atoms with Crippen LogP contribution in [0, 0.1) is 5.92 Å². The molecule has 0 heterocycles. The second kappa shape index (κ2) is 6.48. The molecule has 0 radical (unpaired) electrons. The molecule has 1 unspecified atom stereocenters. The molecule has 1 fully saturated rings. The smallest absolute Gasteiger partial charge is 0.327 e. The first-order valence-electron chi connectivity index (χ1n) is 7.71. The molecule has 2 N–H and O–H groups in total. The lowest BCUT2D eigenvalue weighted by atomic mass is 9.93. The Kier molecular flexibility index (Phi) is 4.88. The summed E-state index contributed by atoms with van der Waals surface area (Å²) in [7, 11) is 0. The van der Waals surface area contributed by atoms with Crippen LogP contribution in [0.2, 0.25) is 0 Å². The second-order valence-electron chi connectivity index (χ2n) is 6.10. The summed E-state index contributed by atoms with van der Waals surface area (Å²) < 4.78 is 5.91. The van der Waals surface area contributed by atoms with Gasteiger partial charge in [-0.15, -0.1) is 0 Å². The number of aliphatic carboxylic acids is 1. The number of carboxylic acids is 1. The van der Waals surface area contributed by atoms with E-state index in [4.69, 9.17) is 4.74 Å². The third kappa shape index (κ3) is 3.56. The van der Waals surface area contributed by atoms with E-state index in [1.807, 2.05) is 38.1 Å². The molecule has 1 aromatic carbocycles. The molecule has 4 nitrogen and oxygen atoms in total. The zero-order chi connectivity index (χ0) is 15.5. The maximum absolute atomic E-state index is 11.9. The van der Waals surface area contributed by atoms with E-state index in [1.165, 1.54) is 0 Å². The average Bonchev–Trinajstić information content (AvgIpc) is 3.28. The first kappa shape index (κ1) is 15.8. The lowest BCUT2D eigenvalue weighted by Crippen LogP contribution is -2.60. The molecule has 0 spiro atoms. The van der Waals surface area contributed by atoms with E-state index in [0.717, 1.165) is 30.6 Å². The molecular formula is C17H25NO3. The summed E-state index contributed by atoms with van der Waals surface area (Å²) in [6.07, 6.45) is 2.77. The summed E-state index contributed by atoms with van der Waals surface area (Å²) in [4.78, 5) is 11.9. The molecule has 0 amide bonds. The standard InChI is InChI=1S/C17H25NO3/c1-4-13-7-5-6-8-15(13)21-11-17(16(19)20,14-9-10-14)18-12(2)3/h5-8,12,14,18H,4,9-11H2,1-3H3,(H,19,20). The molecule has 1 aromatic rings. The van der Waals surface area contributed by atoms with E-state index in [2.05, 4.69) is 12.2 Å². The molecule has 116 valence electrons. The number of carboxylic acid groups (broad SMARTS) is 1. The van der Waals surface area contributed by atoms with Gasteiger partial charge in [0.1, 0.15) is 12.4 Å². The molecule has 0 bridgehead atoms. The largest absolute Gasteiger partial charge is 0.491 e. The normalized spacial score (nSPS) is 17.5. The molecule has 0 saturated heterocycles. The van der Waals surface area contributed by atoms with E-state index in [0.29, 0.717) is 0 Å². The quantitative estimate of drug-likeness (QED) is 0.773. The number of rotatable bonds is 8. The van der Waals surface area contributed by atoms with E-state index < -0.39 is 11.5 Å². The van der Waals surface area contributed by atoms with Gasteiger partial charge in [0, 0.05) is 6.04 Å². The van der Waals surface area contributed by atoms with Gasteiger partial charge in [0.15, 0.2) is 5.54 Å². The number of ether oxygens (including phenoxy) is 1.